The van der Waals surface area contributed by atoms with Gasteiger partial charge in [-0.15, -0.1) is 0 Å². The van der Waals surface area contributed by atoms with Gasteiger partial charge in [-0.25, -0.2) is 0 Å². The van der Waals surface area contributed by atoms with E-state index < -0.39 is 0 Å². The highest BCUT2D eigenvalue weighted by atomic mass is 16.6. The zero-order chi connectivity index (χ0) is 18.9. The molecule has 0 spiro atoms. The maximum absolute atomic E-state index is 11.1. The number of esters is 1. The molecule has 0 radical (unpaired) electrons. The Morgan fingerprint density at radius 1 is 0.960 bits per heavy atom. The van der Waals surface area contributed by atoms with Gasteiger partial charge in [-0.3, -0.25) is 4.79 Å². The summed E-state index contributed by atoms with van der Waals surface area (Å²) in [6.45, 7) is 10.8. The molecular weight excluding hydrogens is 312 g/mol. The quantitative estimate of drug-likeness (QED) is 0.265. The van der Waals surface area contributed by atoms with Crippen LogP contribution < -0.4 is 0 Å². The summed E-state index contributed by atoms with van der Waals surface area (Å²) in [5, 5.41) is 0. The fourth-order valence-corrected chi connectivity index (χ4v) is 2.84. The smallest absolute Gasteiger partial charge is 0.309 e. The van der Waals surface area contributed by atoms with Gasteiger partial charge in [-0.2, -0.15) is 0 Å². The van der Waals surface area contributed by atoms with Gasteiger partial charge in [-0.1, -0.05) is 34.9 Å². The van der Waals surface area contributed by atoms with Crippen molar-refractivity contribution in [3.05, 3.63) is 34.9 Å². The standard InChI is InChI=1S/C22H36O3/c1-17(10-8-12-19(3)14-16-21(23)24-6)9-7-11-18(2)13-15-20-22(4,5)25-20/h10-11,14,20H,7-9,12-13,15-16H2,1-6H3/b17-10+,18-11+,19-14?. The Morgan fingerprint density at radius 3 is 1.92 bits per heavy atom. The third kappa shape index (κ3) is 9.64. The van der Waals surface area contributed by atoms with Crippen molar-refractivity contribution < 1.29 is 14.3 Å². The van der Waals surface area contributed by atoms with Crippen LogP contribution in [0.15, 0.2) is 34.9 Å². The van der Waals surface area contributed by atoms with E-state index in [1.54, 1.807) is 0 Å². The van der Waals surface area contributed by atoms with E-state index in [0.29, 0.717) is 12.5 Å². The minimum atomic E-state index is -0.176. The van der Waals surface area contributed by atoms with Crippen LogP contribution >= 0.6 is 0 Å². The second-order valence-corrected chi connectivity index (χ2v) is 7.76. The number of allylic oxidation sites excluding steroid dienone is 5. The molecule has 0 saturated carbocycles. The summed E-state index contributed by atoms with van der Waals surface area (Å²) in [4.78, 5) is 11.1. The minimum Gasteiger partial charge on any atom is -0.469 e. The Labute approximate surface area is 154 Å². The molecule has 3 heteroatoms. The predicted octanol–water partition coefficient (Wildman–Crippen LogP) is 5.91. The largest absolute Gasteiger partial charge is 0.469 e. The number of ether oxygens (including phenoxy) is 2. The van der Waals surface area contributed by atoms with Gasteiger partial charge in [0.25, 0.3) is 0 Å². The number of hydrogen-bond donors (Lipinski definition) is 0. The molecule has 1 saturated heterocycles. The Balaban J connectivity index is 2.17. The molecule has 142 valence electrons. The van der Waals surface area contributed by atoms with E-state index >= 15 is 0 Å². The van der Waals surface area contributed by atoms with Crippen LogP contribution in [0.3, 0.4) is 0 Å². The topological polar surface area (TPSA) is 38.8 Å². The fourth-order valence-electron chi connectivity index (χ4n) is 2.84. The van der Waals surface area contributed by atoms with Gasteiger partial charge in [0.05, 0.1) is 25.2 Å². The molecule has 0 amide bonds. The number of methoxy groups -OCH3 is 1. The number of carbonyl (C=O) groups excluding carboxylic acids is 1. The van der Waals surface area contributed by atoms with Gasteiger partial charge < -0.3 is 9.47 Å². The molecule has 1 aliphatic rings. The summed E-state index contributed by atoms with van der Waals surface area (Å²) in [7, 11) is 1.42. The second-order valence-electron chi connectivity index (χ2n) is 7.76. The van der Waals surface area contributed by atoms with Crippen molar-refractivity contribution in [3.63, 3.8) is 0 Å². The van der Waals surface area contributed by atoms with Crippen LogP contribution in [-0.2, 0) is 14.3 Å². The average molecular weight is 349 g/mol. The van der Waals surface area contributed by atoms with Crippen LogP contribution in [0.25, 0.3) is 0 Å². The number of epoxide rings is 1. The van der Waals surface area contributed by atoms with Crippen molar-refractivity contribution in [2.75, 3.05) is 7.11 Å². The molecule has 0 aromatic heterocycles. The van der Waals surface area contributed by atoms with E-state index in [-0.39, 0.29) is 11.6 Å². The molecule has 0 aromatic rings. The van der Waals surface area contributed by atoms with Gasteiger partial charge in [-0.05, 0) is 73.1 Å². The molecule has 0 N–H and O–H groups in total. The van der Waals surface area contributed by atoms with Gasteiger partial charge in [0.2, 0.25) is 0 Å². The summed E-state index contributed by atoms with van der Waals surface area (Å²) in [6, 6.07) is 0. The first-order valence-electron chi connectivity index (χ1n) is 9.46. The van der Waals surface area contributed by atoms with E-state index in [1.807, 2.05) is 6.08 Å². The first-order chi connectivity index (χ1) is 11.7. The number of rotatable bonds is 11. The van der Waals surface area contributed by atoms with Crippen molar-refractivity contribution in [1.29, 1.82) is 0 Å². The second kappa shape index (κ2) is 10.6. The molecule has 1 fully saturated rings. The highest BCUT2D eigenvalue weighted by molar-refractivity contribution is 5.71. The monoisotopic (exact) mass is 348 g/mol. The highest BCUT2D eigenvalue weighted by Crippen LogP contribution is 2.38. The van der Waals surface area contributed by atoms with Crippen molar-refractivity contribution in [2.45, 2.75) is 91.3 Å². The molecule has 1 unspecified atom stereocenters. The Bertz CT molecular complexity index is 523. The molecule has 1 rings (SSSR count). The first kappa shape index (κ1) is 21.7. The maximum atomic E-state index is 11.1. The lowest BCUT2D eigenvalue weighted by Gasteiger charge is -2.03. The van der Waals surface area contributed by atoms with Crippen LogP contribution in [0.1, 0.15) is 79.6 Å². The van der Waals surface area contributed by atoms with Crippen LogP contribution in [0.4, 0.5) is 0 Å². The van der Waals surface area contributed by atoms with Crippen molar-refractivity contribution >= 4 is 5.97 Å². The van der Waals surface area contributed by atoms with E-state index in [2.05, 4.69) is 51.5 Å². The zero-order valence-electron chi connectivity index (χ0n) is 17.0. The normalized spacial score (nSPS) is 20.6. The van der Waals surface area contributed by atoms with E-state index in [4.69, 9.17) is 4.74 Å². The van der Waals surface area contributed by atoms with Gasteiger partial charge in [0, 0.05) is 0 Å². The number of carbonyl (C=O) groups is 1. The SMILES string of the molecule is COC(=O)CC=C(C)CC/C=C(\C)CC/C=C(\C)CCC1OC1(C)C. The molecule has 0 aliphatic carbocycles. The molecule has 0 aromatic carbocycles. The zero-order valence-corrected chi connectivity index (χ0v) is 17.0. The predicted molar refractivity (Wildman–Crippen MR) is 105 cm³/mol. The molecule has 0 bridgehead atoms. The lowest BCUT2D eigenvalue weighted by atomic mass is 10.0. The van der Waals surface area contributed by atoms with E-state index in [0.717, 1.165) is 38.5 Å². The Morgan fingerprint density at radius 2 is 1.44 bits per heavy atom. The van der Waals surface area contributed by atoms with Gasteiger partial charge in [0.15, 0.2) is 0 Å². The average Bonchev–Trinajstić information content (AvgIpc) is 3.17. The summed E-state index contributed by atoms with van der Waals surface area (Å²) in [5.74, 6) is -0.176. The third-order valence-electron chi connectivity index (χ3n) is 4.87. The molecule has 1 atom stereocenters. The molecule has 3 nitrogen and oxygen atoms in total. The summed E-state index contributed by atoms with van der Waals surface area (Å²) < 4.78 is 10.3. The van der Waals surface area contributed by atoms with Crippen molar-refractivity contribution in [2.24, 2.45) is 0 Å². The molecule has 1 aliphatic heterocycles. The summed E-state index contributed by atoms with van der Waals surface area (Å²) in [6.07, 6.45) is 14.0. The lowest BCUT2D eigenvalue weighted by Crippen LogP contribution is -2.02. The van der Waals surface area contributed by atoms with Gasteiger partial charge >= 0.3 is 5.97 Å². The molecule has 1 heterocycles. The van der Waals surface area contributed by atoms with Crippen LogP contribution in [0.2, 0.25) is 0 Å². The summed E-state index contributed by atoms with van der Waals surface area (Å²) in [5.41, 5.74) is 4.27. The maximum Gasteiger partial charge on any atom is 0.309 e. The van der Waals surface area contributed by atoms with E-state index in [1.165, 1.54) is 23.8 Å². The number of hydrogen-bond acceptors (Lipinski definition) is 3. The van der Waals surface area contributed by atoms with Crippen LogP contribution in [0, 0.1) is 0 Å². The minimum absolute atomic E-state index is 0.114. The fraction of sp³-hybridized carbons (Fsp3) is 0.682. The van der Waals surface area contributed by atoms with Gasteiger partial charge in [0.1, 0.15) is 0 Å². The van der Waals surface area contributed by atoms with E-state index in [9.17, 15) is 4.79 Å². The highest BCUT2D eigenvalue weighted by Gasteiger charge is 2.46. The van der Waals surface area contributed by atoms with Crippen molar-refractivity contribution in [1.82, 2.24) is 0 Å². The van der Waals surface area contributed by atoms with Crippen molar-refractivity contribution in [3.8, 4) is 0 Å². The Hall–Kier alpha value is -1.35. The molecule has 25 heavy (non-hydrogen) atoms. The first-order valence-corrected chi connectivity index (χ1v) is 9.46. The Kier molecular flexibility index (Phi) is 9.20. The molecular formula is C22H36O3. The van der Waals surface area contributed by atoms with Crippen LogP contribution in [-0.4, -0.2) is 24.8 Å². The van der Waals surface area contributed by atoms with Crippen LogP contribution in [0.5, 0.6) is 0 Å². The third-order valence-corrected chi connectivity index (χ3v) is 4.87. The lowest BCUT2D eigenvalue weighted by molar-refractivity contribution is -0.139. The summed E-state index contributed by atoms with van der Waals surface area (Å²) >= 11 is 0.